The smallest absolute Gasteiger partial charge is 0.195 e. The van der Waals surface area contributed by atoms with E-state index < -0.39 is 0 Å². The fraction of sp³-hybridized carbons (Fsp3) is 0.543. The first kappa shape index (κ1) is 28.0. The molecule has 3 aromatic rings. The summed E-state index contributed by atoms with van der Waals surface area (Å²) in [7, 11) is 0. The first-order valence-electron chi connectivity index (χ1n) is 15.8. The molecule has 2 saturated heterocycles. The van der Waals surface area contributed by atoms with E-state index >= 15 is 0 Å². The van der Waals surface area contributed by atoms with Gasteiger partial charge in [-0.25, -0.2) is 0 Å². The van der Waals surface area contributed by atoms with Crippen LogP contribution in [0.15, 0.2) is 30.3 Å². The average Bonchev–Trinajstić information content (AvgIpc) is 3.39. The first-order chi connectivity index (χ1) is 19.8. The number of nitrogens with zero attached hydrogens (tertiary/aromatic N) is 3. The lowest BCUT2D eigenvalue weighted by molar-refractivity contribution is 0.103. The summed E-state index contributed by atoms with van der Waals surface area (Å²) in [5, 5.41) is 10.3. The molecule has 2 aliphatic heterocycles. The molecule has 3 heterocycles. The molecule has 0 amide bonds. The van der Waals surface area contributed by atoms with Crippen LogP contribution < -0.4 is 10.6 Å². The van der Waals surface area contributed by atoms with E-state index in [9.17, 15) is 10.1 Å². The Morgan fingerprint density at radius 3 is 2.41 bits per heavy atom. The number of rotatable bonds is 7. The van der Waals surface area contributed by atoms with E-state index in [1.54, 1.807) is 0 Å². The van der Waals surface area contributed by atoms with Crippen molar-refractivity contribution < 1.29 is 4.79 Å². The van der Waals surface area contributed by atoms with E-state index in [4.69, 9.17) is 5.73 Å². The van der Waals surface area contributed by atoms with Gasteiger partial charge in [0, 0.05) is 46.4 Å². The number of nitriles is 1. The Morgan fingerprint density at radius 1 is 1.05 bits per heavy atom. The van der Waals surface area contributed by atoms with Crippen LogP contribution >= 0.6 is 0 Å². The standard InChI is InChI=1S/C35H45N5O/c1-4-26-20-28-29(35(2,3)34-32(33(28)41)27-7-6-25(22-37)19-30(27)38-34)21-31(26)40-16-10-24(11-17-40)18-23-8-14-39(15-9-23)13-5-12-36/h6-7,19-21,23-24,38H,4-5,8-18,36H2,1-3H3. The molecule has 3 aliphatic rings. The van der Waals surface area contributed by atoms with E-state index in [0.29, 0.717) is 5.56 Å². The van der Waals surface area contributed by atoms with Crippen LogP contribution in [0.4, 0.5) is 5.69 Å². The second kappa shape index (κ2) is 11.3. The first-order valence-corrected chi connectivity index (χ1v) is 15.8. The van der Waals surface area contributed by atoms with Crippen molar-refractivity contribution in [3.63, 3.8) is 0 Å². The van der Waals surface area contributed by atoms with E-state index in [1.807, 2.05) is 18.2 Å². The van der Waals surface area contributed by atoms with Crippen LogP contribution in [0.5, 0.6) is 0 Å². The maximum absolute atomic E-state index is 14.0. The monoisotopic (exact) mass is 551 g/mol. The molecule has 0 spiro atoms. The topological polar surface area (TPSA) is 89.2 Å². The van der Waals surface area contributed by atoms with Crippen LogP contribution in [-0.2, 0) is 11.8 Å². The molecule has 41 heavy (non-hydrogen) atoms. The molecule has 2 aromatic carbocycles. The number of ketones is 1. The summed E-state index contributed by atoms with van der Waals surface area (Å²) in [6.45, 7) is 13.3. The minimum atomic E-state index is -0.344. The van der Waals surface area contributed by atoms with Gasteiger partial charge in [-0.1, -0.05) is 26.8 Å². The van der Waals surface area contributed by atoms with Crippen LogP contribution in [0.2, 0.25) is 0 Å². The number of nitrogens with two attached hydrogens (primary N) is 1. The lowest BCUT2D eigenvalue weighted by atomic mass is 9.70. The predicted molar refractivity (Wildman–Crippen MR) is 167 cm³/mol. The number of benzene rings is 2. The number of nitrogens with one attached hydrogen (secondary N) is 1. The highest BCUT2D eigenvalue weighted by Crippen LogP contribution is 2.46. The zero-order chi connectivity index (χ0) is 28.7. The quantitative estimate of drug-likeness (QED) is 0.368. The molecule has 0 saturated carbocycles. The van der Waals surface area contributed by atoms with Crippen molar-refractivity contribution in [3.8, 4) is 6.07 Å². The maximum Gasteiger partial charge on any atom is 0.195 e. The van der Waals surface area contributed by atoms with Gasteiger partial charge >= 0.3 is 0 Å². The Balaban J connectivity index is 1.20. The van der Waals surface area contributed by atoms with Gasteiger partial charge in [0.2, 0.25) is 0 Å². The van der Waals surface area contributed by atoms with Crippen LogP contribution in [0.25, 0.3) is 10.9 Å². The van der Waals surface area contributed by atoms with E-state index in [1.165, 1.54) is 56.4 Å². The van der Waals surface area contributed by atoms with Gasteiger partial charge < -0.3 is 20.5 Å². The Hall–Kier alpha value is -3.14. The summed E-state index contributed by atoms with van der Waals surface area (Å²) in [5.74, 6) is 1.79. The van der Waals surface area contributed by atoms with Crippen molar-refractivity contribution in [3.05, 3.63) is 63.8 Å². The van der Waals surface area contributed by atoms with Crippen molar-refractivity contribution in [1.82, 2.24) is 9.88 Å². The molecule has 1 aliphatic carbocycles. The van der Waals surface area contributed by atoms with Gasteiger partial charge in [0.05, 0.1) is 17.2 Å². The Morgan fingerprint density at radius 2 is 1.76 bits per heavy atom. The Kier molecular flexibility index (Phi) is 7.70. The summed E-state index contributed by atoms with van der Waals surface area (Å²) in [6.07, 6.45) is 8.58. The molecule has 2 fully saturated rings. The van der Waals surface area contributed by atoms with Crippen molar-refractivity contribution in [2.24, 2.45) is 17.6 Å². The second-order valence-corrected chi connectivity index (χ2v) is 13.2. The molecule has 216 valence electrons. The highest BCUT2D eigenvalue weighted by Gasteiger charge is 2.40. The fourth-order valence-corrected chi connectivity index (χ4v) is 7.80. The fourth-order valence-electron chi connectivity index (χ4n) is 7.80. The molecule has 3 N–H and O–H groups in total. The Bertz CT molecular complexity index is 1480. The van der Waals surface area contributed by atoms with Crippen LogP contribution in [-0.4, -0.2) is 54.9 Å². The van der Waals surface area contributed by atoms with E-state index in [2.05, 4.69) is 53.8 Å². The SMILES string of the molecule is CCc1cc2c(cc1N1CCC(CC3CCN(CCCN)CC3)CC1)C(C)(C)c1[nH]c3cc(C#N)ccc3c1C2=O. The van der Waals surface area contributed by atoms with Crippen LogP contribution in [0.3, 0.4) is 0 Å². The van der Waals surface area contributed by atoms with Crippen LogP contribution in [0.1, 0.15) is 97.6 Å². The zero-order valence-electron chi connectivity index (χ0n) is 25.1. The van der Waals surface area contributed by atoms with Gasteiger partial charge in [0.15, 0.2) is 5.78 Å². The molecule has 0 atom stereocenters. The van der Waals surface area contributed by atoms with Gasteiger partial charge in [-0.05, 0) is 118 Å². The number of likely N-dealkylation sites (tertiary alicyclic amines) is 1. The number of H-pyrrole nitrogens is 1. The Labute approximate surface area is 244 Å². The highest BCUT2D eigenvalue weighted by molar-refractivity contribution is 6.20. The molecule has 0 unspecified atom stereocenters. The van der Waals surface area contributed by atoms with Gasteiger partial charge in [-0.3, -0.25) is 4.79 Å². The number of carbonyl (C=O) groups excluding carboxylic acids is 1. The number of aryl methyl sites for hydroxylation is 1. The summed E-state index contributed by atoms with van der Waals surface area (Å²) >= 11 is 0. The van der Waals surface area contributed by atoms with Crippen LogP contribution in [0, 0.1) is 23.2 Å². The molecule has 6 nitrogen and oxygen atoms in total. The van der Waals surface area contributed by atoms with Gasteiger partial charge in [0.1, 0.15) is 0 Å². The molecule has 6 rings (SSSR count). The van der Waals surface area contributed by atoms with Crippen molar-refractivity contribution >= 4 is 22.4 Å². The van der Waals surface area contributed by atoms with Gasteiger partial charge in [0.25, 0.3) is 0 Å². The summed E-state index contributed by atoms with van der Waals surface area (Å²) in [4.78, 5) is 22.7. The van der Waals surface area contributed by atoms with Gasteiger partial charge in [-0.15, -0.1) is 0 Å². The van der Waals surface area contributed by atoms with Crippen molar-refractivity contribution in [1.29, 1.82) is 5.26 Å². The number of fused-ring (bicyclic) bond motifs is 4. The molecular weight excluding hydrogens is 506 g/mol. The molecule has 6 heteroatoms. The summed E-state index contributed by atoms with van der Waals surface area (Å²) < 4.78 is 0. The average molecular weight is 552 g/mol. The van der Waals surface area contributed by atoms with E-state index in [0.717, 1.165) is 84.1 Å². The predicted octanol–water partition coefficient (Wildman–Crippen LogP) is 6.14. The normalized spacial score (nSPS) is 19.8. The number of carbonyl (C=O) groups is 1. The lowest BCUT2D eigenvalue weighted by Crippen LogP contribution is -2.38. The third-order valence-electron chi connectivity index (χ3n) is 10.3. The second-order valence-electron chi connectivity index (χ2n) is 13.2. The highest BCUT2D eigenvalue weighted by atomic mass is 16.1. The number of anilines is 1. The largest absolute Gasteiger partial charge is 0.371 e. The van der Waals surface area contributed by atoms with Crippen molar-refractivity contribution in [2.45, 2.75) is 71.1 Å². The number of piperidine rings is 2. The van der Waals surface area contributed by atoms with Gasteiger partial charge in [-0.2, -0.15) is 5.26 Å². The lowest BCUT2D eigenvalue weighted by Gasteiger charge is -2.39. The summed E-state index contributed by atoms with van der Waals surface area (Å²) in [6, 6.07) is 12.3. The maximum atomic E-state index is 14.0. The molecule has 0 bridgehead atoms. The van der Waals surface area contributed by atoms with E-state index in [-0.39, 0.29) is 11.2 Å². The molecule has 0 radical (unpaired) electrons. The summed E-state index contributed by atoms with van der Waals surface area (Å²) in [5.41, 5.74) is 13.1. The zero-order valence-corrected chi connectivity index (χ0v) is 25.1. The number of hydrogen-bond donors (Lipinski definition) is 2. The molecular formula is C35H45N5O. The third kappa shape index (κ3) is 5.08. The minimum Gasteiger partial charge on any atom is -0.371 e. The minimum absolute atomic E-state index is 0.0966. The molecule has 1 aromatic heterocycles. The van der Waals surface area contributed by atoms with Crippen molar-refractivity contribution in [2.75, 3.05) is 44.2 Å². The third-order valence-corrected chi connectivity index (χ3v) is 10.3. The number of aromatic nitrogens is 1. The number of aromatic amines is 1. The number of hydrogen-bond acceptors (Lipinski definition) is 5.